The molecule has 2 atom stereocenters. The molecular weight excluding hydrogens is 254 g/mol. The fraction of sp³-hybridized carbons (Fsp3) is 0.273. The van der Waals surface area contributed by atoms with E-state index in [4.69, 9.17) is 11.5 Å². The lowest BCUT2D eigenvalue weighted by Crippen LogP contribution is -2.42. The number of primary amides is 1. The smallest absolute Gasteiger partial charge is 0.318 e. The minimum absolute atomic E-state index is 0.510. The Bertz CT molecular complexity index is 516. The van der Waals surface area contributed by atoms with Gasteiger partial charge in [0.2, 0.25) is 5.91 Å². The quantitative estimate of drug-likeness (QED) is 0.683. The van der Waals surface area contributed by atoms with E-state index in [9.17, 15) is 13.8 Å². The lowest BCUT2D eigenvalue weighted by atomic mass is 10.2. The molecule has 0 aliphatic heterocycles. The Balaban J connectivity index is 2.93. The molecule has 1 aromatic carbocycles. The first-order valence-electron chi connectivity index (χ1n) is 5.20. The number of carbonyl (C=O) groups excluding carboxylic acids is 2. The number of nitrogen functional groups attached to an aromatic ring is 1. The van der Waals surface area contributed by atoms with Crippen LogP contribution >= 0.6 is 0 Å². The third kappa shape index (κ3) is 3.30. The van der Waals surface area contributed by atoms with E-state index in [2.05, 4.69) is 0 Å². The summed E-state index contributed by atoms with van der Waals surface area (Å²) in [7, 11) is -1.57. The molecule has 0 aliphatic rings. The lowest BCUT2D eigenvalue weighted by Gasteiger charge is -2.12. The molecule has 2 unspecified atom stereocenters. The highest BCUT2D eigenvalue weighted by atomic mass is 32.2. The van der Waals surface area contributed by atoms with Crippen molar-refractivity contribution in [3.8, 4) is 0 Å². The standard InChI is InChI=1S/C11H15N3O3S/c1-6-5-8(12)3-4-9(6)18(17)7(2)10(15)14-11(13)16/h3-5,7H,12H2,1-2H3,(H3,13,14,15,16). The predicted molar refractivity (Wildman–Crippen MR) is 69.2 cm³/mol. The molecule has 1 aromatic rings. The highest BCUT2D eigenvalue weighted by Crippen LogP contribution is 2.19. The van der Waals surface area contributed by atoms with Crippen molar-refractivity contribution in [2.75, 3.05) is 5.73 Å². The van der Waals surface area contributed by atoms with Gasteiger partial charge in [-0.3, -0.25) is 14.3 Å². The number of hydrogen-bond donors (Lipinski definition) is 3. The summed E-state index contributed by atoms with van der Waals surface area (Å²) in [5.74, 6) is -0.669. The van der Waals surface area contributed by atoms with Crippen molar-refractivity contribution in [3.05, 3.63) is 23.8 Å². The number of urea groups is 1. The first kappa shape index (κ1) is 14.2. The van der Waals surface area contributed by atoms with Crippen molar-refractivity contribution in [1.82, 2.24) is 5.32 Å². The van der Waals surface area contributed by atoms with E-state index in [0.29, 0.717) is 10.6 Å². The second kappa shape index (κ2) is 5.63. The molecule has 98 valence electrons. The molecule has 0 bridgehead atoms. The second-order valence-corrected chi connectivity index (χ2v) is 5.56. The van der Waals surface area contributed by atoms with Crippen LogP contribution in [-0.2, 0) is 15.6 Å². The van der Waals surface area contributed by atoms with Gasteiger partial charge in [0.05, 0.1) is 10.8 Å². The van der Waals surface area contributed by atoms with Crippen LogP contribution in [0.25, 0.3) is 0 Å². The van der Waals surface area contributed by atoms with Gasteiger partial charge in [0.1, 0.15) is 5.25 Å². The summed E-state index contributed by atoms with van der Waals surface area (Å²) in [6, 6.07) is 3.93. The zero-order valence-electron chi connectivity index (χ0n) is 10.1. The predicted octanol–water partition coefficient (Wildman–Crippen LogP) is 0.268. The van der Waals surface area contributed by atoms with Crippen molar-refractivity contribution in [3.63, 3.8) is 0 Å². The van der Waals surface area contributed by atoms with Crippen LogP contribution in [0.4, 0.5) is 10.5 Å². The number of benzene rings is 1. The molecule has 0 aliphatic carbocycles. The Morgan fingerprint density at radius 1 is 1.39 bits per heavy atom. The third-order valence-electron chi connectivity index (χ3n) is 2.35. The Morgan fingerprint density at radius 3 is 2.50 bits per heavy atom. The van der Waals surface area contributed by atoms with Crippen molar-refractivity contribution >= 4 is 28.4 Å². The summed E-state index contributed by atoms with van der Waals surface area (Å²) in [6.07, 6.45) is 0. The Morgan fingerprint density at radius 2 is 2.00 bits per heavy atom. The Hall–Kier alpha value is -1.89. The fourth-order valence-corrected chi connectivity index (χ4v) is 2.62. The topological polar surface area (TPSA) is 115 Å². The number of amides is 3. The van der Waals surface area contributed by atoms with Crippen molar-refractivity contribution in [1.29, 1.82) is 0 Å². The van der Waals surface area contributed by atoms with Crippen LogP contribution in [0.3, 0.4) is 0 Å². The molecule has 0 radical (unpaired) electrons. The van der Waals surface area contributed by atoms with E-state index in [-0.39, 0.29) is 0 Å². The van der Waals surface area contributed by atoms with Crippen molar-refractivity contribution in [2.24, 2.45) is 5.73 Å². The lowest BCUT2D eigenvalue weighted by molar-refractivity contribution is -0.119. The molecular formula is C11H15N3O3S. The second-order valence-electron chi connectivity index (χ2n) is 3.82. The number of anilines is 1. The molecule has 3 amide bonds. The molecule has 6 nitrogen and oxygen atoms in total. The average Bonchev–Trinajstić information content (AvgIpc) is 2.26. The zero-order chi connectivity index (χ0) is 13.9. The van der Waals surface area contributed by atoms with Gasteiger partial charge in [0, 0.05) is 10.6 Å². The van der Waals surface area contributed by atoms with Gasteiger partial charge in [-0.25, -0.2) is 4.79 Å². The highest BCUT2D eigenvalue weighted by Gasteiger charge is 2.23. The molecule has 7 heteroatoms. The van der Waals surface area contributed by atoms with E-state index in [0.717, 1.165) is 5.56 Å². The number of hydrogen-bond acceptors (Lipinski definition) is 4. The molecule has 5 N–H and O–H groups in total. The number of aryl methyl sites for hydroxylation is 1. The maximum atomic E-state index is 12.2. The maximum absolute atomic E-state index is 12.2. The minimum atomic E-state index is -1.57. The van der Waals surface area contributed by atoms with Gasteiger partial charge in [0.25, 0.3) is 0 Å². The molecule has 0 spiro atoms. The number of nitrogens with one attached hydrogen (secondary N) is 1. The SMILES string of the molecule is Cc1cc(N)ccc1S(=O)C(C)C(=O)NC(N)=O. The number of carbonyl (C=O) groups is 2. The number of rotatable bonds is 3. The van der Waals surface area contributed by atoms with Gasteiger partial charge in [-0.05, 0) is 37.6 Å². The van der Waals surface area contributed by atoms with Gasteiger partial charge in [-0.2, -0.15) is 0 Å². The zero-order valence-corrected chi connectivity index (χ0v) is 10.9. The van der Waals surface area contributed by atoms with Gasteiger partial charge < -0.3 is 11.5 Å². The van der Waals surface area contributed by atoms with Gasteiger partial charge in [-0.15, -0.1) is 0 Å². The van der Waals surface area contributed by atoms with E-state index in [1.54, 1.807) is 25.1 Å². The first-order chi connectivity index (χ1) is 8.32. The molecule has 0 saturated carbocycles. The molecule has 1 rings (SSSR count). The summed E-state index contributed by atoms with van der Waals surface area (Å²) in [5.41, 5.74) is 11.7. The Labute approximate surface area is 107 Å². The number of nitrogens with two attached hydrogens (primary N) is 2. The highest BCUT2D eigenvalue weighted by molar-refractivity contribution is 7.86. The van der Waals surface area contributed by atoms with Crippen LogP contribution in [-0.4, -0.2) is 21.4 Å². The molecule has 0 saturated heterocycles. The van der Waals surface area contributed by atoms with E-state index in [1.165, 1.54) is 6.92 Å². The van der Waals surface area contributed by atoms with Crippen LogP contribution in [0.5, 0.6) is 0 Å². The molecule has 0 fully saturated rings. The minimum Gasteiger partial charge on any atom is -0.399 e. The molecule has 18 heavy (non-hydrogen) atoms. The van der Waals surface area contributed by atoms with Crippen molar-refractivity contribution in [2.45, 2.75) is 24.0 Å². The van der Waals surface area contributed by atoms with E-state index >= 15 is 0 Å². The monoisotopic (exact) mass is 269 g/mol. The van der Waals surface area contributed by atoms with Crippen molar-refractivity contribution < 1.29 is 13.8 Å². The average molecular weight is 269 g/mol. The summed E-state index contributed by atoms with van der Waals surface area (Å²) in [4.78, 5) is 22.6. The maximum Gasteiger partial charge on any atom is 0.318 e. The van der Waals surface area contributed by atoms with E-state index < -0.39 is 28.0 Å². The van der Waals surface area contributed by atoms with E-state index in [1.807, 2.05) is 5.32 Å². The summed E-state index contributed by atoms with van der Waals surface area (Å²) >= 11 is 0. The van der Waals surface area contributed by atoms with Crippen LogP contribution in [0, 0.1) is 6.92 Å². The normalized spacial score (nSPS) is 13.7. The fourth-order valence-electron chi connectivity index (χ4n) is 1.41. The summed E-state index contributed by atoms with van der Waals surface area (Å²) in [5, 5.41) is 1.03. The van der Waals surface area contributed by atoms with Crippen LogP contribution in [0.1, 0.15) is 12.5 Å². The summed E-state index contributed by atoms with van der Waals surface area (Å²) in [6.45, 7) is 3.21. The van der Waals surface area contributed by atoms with Crippen LogP contribution < -0.4 is 16.8 Å². The van der Waals surface area contributed by atoms with Gasteiger partial charge in [0.15, 0.2) is 0 Å². The molecule has 0 aromatic heterocycles. The summed E-state index contributed by atoms with van der Waals surface area (Å²) < 4.78 is 12.2. The molecule has 0 heterocycles. The Kier molecular flexibility index (Phi) is 4.43. The number of imide groups is 1. The first-order valence-corrected chi connectivity index (χ1v) is 6.41. The largest absolute Gasteiger partial charge is 0.399 e. The van der Waals surface area contributed by atoms with Gasteiger partial charge in [-0.1, -0.05) is 0 Å². The van der Waals surface area contributed by atoms with Gasteiger partial charge >= 0.3 is 6.03 Å². The third-order valence-corrected chi connectivity index (χ3v) is 4.10. The van der Waals surface area contributed by atoms with Crippen LogP contribution in [0.15, 0.2) is 23.1 Å². The van der Waals surface area contributed by atoms with Crippen LogP contribution in [0.2, 0.25) is 0 Å².